The minimum absolute atomic E-state index is 0.0440. The first-order valence-electron chi connectivity index (χ1n) is 6.02. The largest absolute Gasteiger partial charge is 0.324 e. The molecule has 1 aromatic carbocycles. The van der Waals surface area contributed by atoms with E-state index in [2.05, 4.69) is 10.4 Å². The van der Waals surface area contributed by atoms with Gasteiger partial charge in [0.2, 0.25) is 5.91 Å². The van der Waals surface area contributed by atoms with Crippen LogP contribution in [0, 0.1) is 24.0 Å². The van der Waals surface area contributed by atoms with Gasteiger partial charge >= 0.3 is 5.69 Å². The van der Waals surface area contributed by atoms with E-state index < -0.39 is 4.92 Å². The standard InChI is InChI=1S/C13H14N4O3/c1-9-13(17(19)20)10(2)16(15-9)8-12(18)14-11-6-4-3-5-7-11/h3-7H,8H2,1-2H3,(H,14,18). The Morgan fingerprint density at radius 2 is 2.00 bits per heavy atom. The number of nitrogens with zero attached hydrogens (tertiary/aromatic N) is 3. The summed E-state index contributed by atoms with van der Waals surface area (Å²) in [7, 11) is 0. The van der Waals surface area contributed by atoms with E-state index in [1.165, 1.54) is 4.68 Å². The molecule has 7 heteroatoms. The van der Waals surface area contributed by atoms with E-state index in [0.29, 0.717) is 17.1 Å². The molecule has 2 rings (SSSR count). The number of amides is 1. The number of nitro groups is 1. The summed E-state index contributed by atoms with van der Waals surface area (Å²) >= 11 is 0. The van der Waals surface area contributed by atoms with Crippen LogP contribution in [0.1, 0.15) is 11.4 Å². The average Bonchev–Trinajstić information content (AvgIpc) is 2.65. The molecule has 0 bridgehead atoms. The quantitative estimate of drug-likeness (QED) is 0.682. The van der Waals surface area contributed by atoms with Crippen molar-refractivity contribution < 1.29 is 9.72 Å². The molecule has 0 saturated carbocycles. The highest BCUT2D eigenvalue weighted by atomic mass is 16.6. The lowest BCUT2D eigenvalue weighted by molar-refractivity contribution is -0.386. The number of carbonyl (C=O) groups excluding carboxylic acids is 1. The lowest BCUT2D eigenvalue weighted by atomic mass is 10.3. The van der Waals surface area contributed by atoms with E-state index in [1.54, 1.807) is 26.0 Å². The number of aromatic nitrogens is 2. The number of hydrogen-bond donors (Lipinski definition) is 1. The molecule has 0 unspecified atom stereocenters. The molecule has 0 radical (unpaired) electrons. The number of rotatable bonds is 4. The van der Waals surface area contributed by atoms with E-state index in [9.17, 15) is 14.9 Å². The Kier molecular flexibility index (Phi) is 3.79. The lowest BCUT2D eigenvalue weighted by Crippen LogP contribution is -2.20. The highest BCUT2D eigenvalue weighted by molar-refractivity contribution is 5.90. The van der Waals surface area contributed by atoms with Crippen molar-refractivity contribution in [3.05, 3.63) is 51.8 Å². The zero-order valence-corrected chi connectivity index (χ0v) is 11.2. The second kappa shape index (κ2) is 5.52. The molecular formula is C13H14N4O3. The van der Waals surface area contributed by atoms with Crippen LogP contribution < -0.4 is 5.32 Å². The first-order valence-corrected chi connectivity index (χ1v) is 6.02. The van der Waals surface area contributed by atoms with Crippen LogP contribution in [0.3, 0.4) is 0 Å². The van der Waals surface area contributed by atoms with E-state index in [0.717, 1.165) is 0 Å². The molecule has 1 aromatic heterocycles. The van der Waals surface area contributed by atoms with Gasteiger partial charge in [-0.05, 0) is 26.0 Å². The summed E-state index contributed by atoms with van der Waals surface area (Å²) in [5.41, 5.74) is 1.31. The minimum atomic E-state index is -0.483. The molecular weight excluding hydrogens is 260 g/mol. The van der Waals surface area contributed by atoms with Crippen LogP contribution >= 0.6 is 0 Å². The van der Waals surface area contributed by atoms with E-state index in [1.807, 2.05) is 18.2 Å². The molecule has 1 heterocycles. The highest BCUT2D eigenvalue weighted by Crippen LogP contribution is 2.21. The molecule has 1 N–H and O–H groups in total. The molecule has 0 saturated heterocycles. The molecule has 7 nitrogen and oxygen atoms in total. The summed E-state index contributed by atoms with van der Waals surface area (Å²) in [4.78, 5) is 22.3. The molecule has 20 heavy (non-hydrogen) atoms. The van der Waals surface area contributed by atoms with Gasteiger partial charge in [0.1, 0.15) is 17.9 Å². The number of para-hydroxylation sites is 1. The Labute approximate surface area is 115 Å². The number of hydrogen-bond acceptors (Lipinski definition) is 4. The summed E-state index contributed by atoms with van der Waals surface area (Å²) in [5, 5.41) is 17.6. The predicted molar refractivity (Wildman–Crippen MR) is 73.4 cm³/mol. The van der Waals surface area contributed by atoms with Gasteiger partial charge in [-0.25, -0.2) is 0 Å². The number of aryl methyl sites for hydroxylation is 1. The Bertz CT molecular complexity index is 649. The van der Waals surface area contributed by atoms with Gasteiger partial charge in [-0.15, -0.1) is 0 Å². The van der Waals surface area contributed by atoms with Crippen molar-refractivity contribution in [3.63, 3.8) is 0 Å². The van der Waals surface area contributed by atoms with Crippen molar-refractivity contribution in [1.82, 2.24) is 9.78 Å². The van der Waals surface area contributed by atoms with Crippen LogP contribution in [0.15, 0.2) is 30.3 Å². The molecule has 0 spiro atoms. The first-order chi connectivity index (χ1) is 9.49. The van der Waals surface area contributed by atoms with Gasteiger partial charge in [-0.1, -0.05) is 18.2 Å². The van der Waals surface area contributed by atoms with Crippen molar-refractivity contribution in [2.75, 3.05) is 5.32 Å². The third kappa shape index (κ3) is 2.82. The van der Waals surface area contributed by atoms with Gasteiger partial charge in [-0.3, -0.25) is 19.6 Å². The molecule has 0 aliphatic heterocycles. The highest BCUT2D eigenvalue weighted by Gasteiger charge is 2.22. The lowest BCUT2D eigenvalue weighted by Gasteiger charge is -2.06. The Morgan fingerprint density at radius 1 is 1.35 bits per heavy atom. The minimum Gasteiger partial charge on any atom is -0.324 e. The van der Waals surface area contributed by atoms with Crippen molar-refractivity contribution in [2.45, 2.75) is 20.4 Å². The van der Waals surface area contributed by atoms with Crippen LogP contribution in [-0.2, 0) is 11.3 Å². The summed E-state index contributed by atoms with van der Waals surface area (Å²) in [5.74, 6) is -0.281. The van der Waals surface area contributed by atoms with Crippen LogP contribution in [0.2, 0.25) is 0 Å². The molecule has 0 aliphatic carbocycles. The normalized spacial score (nSPS) is 10.3. The zero-order valence-electron chi connectivity index (χ0n) is 11.2. The molecule has 0 atom stereocenters. The van der Waals surface area contributed by atoms with Crippen molar-refractivity contribution in [1.29, 1.82) is 0 Å². The van der Waals surface area contributed by atoms with E-state index >= 15 is 0 Å². The fourth-order valence-corrected chi connectivity index (χ4v) is 1.96. The maximum Gasteiger partial charge on any atom is 0.312 e. The van der Waals surface area contributed by atoms with E-state index in [4.69, 9.17) is 0 Å². The van der Waals surface area contributed by atoms with Gasteiger partial charge in [0.05, 0.1) is 4.92 Å². The Morgan fingerprint density at radius 3 is 2.55 bits per heavy atom. The van der Waals surface area contributed by atoms with Crippen LogP contribution in [0.5, 0.6) is 0 Å². The molecule has 104 valence electrons. The molecule has 0 fully saturated rings. The summed E-state index contributed by atoms with van der Waals surface area (Å²) in [6.45, 7) is 3.07. The fourth-order valence-electron chi connectivity index (χ4n) is 1.96. The number of nitrogens with one attached hydrogen (secondary N) is 1. The predicted octanol–water partition coefficient (Wildman–Crippen LogP) is 2.05. The molecule has 0 aliphatic rings. The fraction of sp³-hybridized carbons (Fsp3) is 0.231. The third-order valence-electron chi connectivity index (χ3n) is 2.88. The number of anilines is 1. The summed E-state index contributed by atoms with van der Waals surface area (Å²) in [6, 6.07) is 9.00. The SMILES string of the molecule is Cc1nn(CC(=O)Nc2ccccc2)c(C)c1[N+](=O)[O-]. The zero-order chi connectivity index (χ0) is 14.7. The number of benzene rings is 1. The van der Waals surface area contributed by atoms with Gasteiger partial charge < -0.3 is 5.32 Å². The smallest absolute Gasteiger partial charge is 0.312 e. The monoisotopic (exact) mass is 274 g/mol. The summed E-state index contributed by atoms with van der Waals surface area (Å²) < 4.78 is 1.34. The Balaban J connectivity index is 2.13. The van der Waals surface area contributed by atoms with Crippen molar-refractivity contribution in [3.8, 4) is 0 Å². The molecule has 2 aromatic rings. The van der Waals surface area contributed by atoms with Gasteiger partial charge in [0.15, 0.2) is 0 Å². The second-order valence-corrected chi connectivity index (χ2v) is 4.35. The molecule has 1 amide bonds. The van der Waals surface area contributed by atoms with Crippen LogP contribution in [-0.4, -0.2) is 20.6 Å². The number of carbonyl (C=O) groups is 1. The van der Waals surface area contributed by atoms with Crippen LogP contribution in [0.4, 0.5) is 11.4 Å². The van der Waals surface area contributed by atoms with Crippen LogP contribution in [0.25, 0.3) is 0 Å². The summed E-state index contributed by atoms with van der Waals surface area (Å²) in [6.07, 6.45) is 0. The second-order valence-electron chi connectivity index (χ2n) is 4.35. The maximum absolute atomic E-state index is 11.9. The van der Waals surface area contributed by atoms with Gasteiger partial charge in [-0.2, -0.15) is 5.10 Å². The Hall–Kier alpha value is -2.70. The third-order valence-corrected chi connectivity index (χ3v) is 2.88. The van der Waals surface area contributed by atoms with Gasteiger partial charge in [0, 0.05) is 5.69 Å². The van der Waals surface area contributed by atoms with Crippen molar-refractivity contribution in [2.24, 2.45) is 0 Å². The average molecular weight is 274 g/mol. The maximum atomic E-state index is 11.9. The first kappa shape index (κ1) is 13.7. The van der Waals surface area contributed by atoms with E-state index in [-0.39, 0.29) is 18.1 Å². The van der Waals surface area contributed by atoms with Gasteiger partial charge in [0.25, 0.3) is 0 Å². The topological polar surface area (TPSA) is 90.1 Å². The van der Waals surface area contributed by atoms with Crippen molar-refractivity contribution >= 4 is 17.3 Å².